The highest BCUT2D eigenvalue weighted by Gasteiger charge is 2.39. The van der Waals surface area contributed by atoms with Crippen molar-refractivity contribution in [2.24, 2.45) is 5.92 Å². The molecule has 0 fully saturated rings. The Bertz CT molecular complexity index is 1500. The third kappa shape index (κ3) is 4.80. The smallest absolute Gasteiger partial charge is 0.262 e. The number of benzene rings is 3. The van der Waals surface area contributed by atoms with Gasteiger partial charge in [-0.1, -0.05) is 12.2 Å². The molecule has 2 aliphatic rings. The van der Waals surface area contributed by atoms with Crippen LogP contribution in [0.3, 0.4) is 0 Å². The van der Waals surface area contributed by atoms with Crippen molar-refractivity contribution in [3.05, 3.63) is 71.8 Å². The van der Waals surface area contributed by atoms with Crippen molar-refractivity contribution in [3.63, 3.8) is 0 Å². The SMILES string of the molecule is COc1ccc(OC)c(NS(=O)(=O)c2ccc3c(c2)[C@H]2C=CC[C@H]2[C@@H](c2cc(OC)c(OC)c(OC)c2)N3)c1. The van der Waals surface area contributed by atoms with Crippen molar-refractivity contribution < 1.29 is 32.1 Å². The molecule has 0 amide bonds. The normalized spacial score (nSPS) is 19.4. The molecule has 9 nitrogen and oxygen atoms in total. The van der Waals surface area contributed by atoms with Crippen LogP contribution in [0.5, 0.6) is 28.7 Å². The summed E-state index contributed by atoms with van der Waals surface area (Å²) >= 11 is 0. The van der Waals surface area contributed by atoms with E-state index in [2.05, 4.69) is 22.2 Å². The van der Waals surface area contributed by atoms with Crippen LogP contribution in [0.15, 0.2) is 65.6 Å². The van der Waals surface area contributed by atoms with Gasteiger partial charge in [0.25, 0.3) is 10.0 Å². The van der Waals surface area contributed by atoms with Crippen LogP contribution >= 0.6 is 0 Å². The van der Waals surface area contributed by atoms with Gasteiger partial charge in [-0.25, -0.2) is 8.42 Å². The van der Waals surface area contributed by atoms with Crippen LogP contribution in [0.4, 0.5) is 11.4 Å². The van der Waals surface area contributed by atoms with Crippen LogP contribution in [0.25, 0.3) is 0 Å². The fourth-order valence-corrected chi connectivity index (χ4v) is 6.54. The van der Waals surface area contributed by atoms with Gasteiger partial charge in [-0.3, -0.25) is 4.72 Å². The van der Waals surface area contributed by atoms with Gasteiger partial charge >= 0.3 is 0 Å². The molecule has 3 aromatic carbocycles. The second kappa shape index (κ2) is 10.6. The Morgan fingerprint density at radius 1 is 0.821 bits per heavy atom. The minimum Gasteiger partial charge on any atom is -0.497 e. The van der Waals surface area contributed by atoms with Gasteiger partial charge in [-0.15, -0.1) is 0 Å². The Labute approximate surface area is 228 Å². The Balaban J connectivity index is 1.50. The number of hydrogen-bond acceptors (Lipinski definition) is 8. The van der Waals surface area contributed by atoms with Gasteiger partial charge in [0.1, 0.15) is 11.5 Å². The molecule has 1 aliphatic heterocycles. The summed E-state index contributed by atoms with van der Waals surface area (Å²) in [6.45, 7) is 0. The predicted octanol–water partition coefficient (Wildman–Crippen LogP) is 5.36. The predicted molar refractivity (Wildman–Crippen MR) is 149 cm³/mol. The van der Waals surface area contributed by atoms with E-state index in [4.69, 9.17) is 23.7 Å². The zero-order chi connectivity index (χ0) is 27.7. The summed E-state index contributed by atoms with van der Waals surface area (Å²) in [4.78, 5) is 0.165. The largest absolute Gasteiger partial charge is 0.497 e. The maximum absolute atomic E-state index is 13.4. The van der Waals surface area contributed by atoms with E-state index in [1.54, 1.807) is 51.7 Å². The standard InChI is InChI=1S/C29H32N2O7S/c1-34-18-9-12-25(35-2)24(15-18)31-39(32,33)19-10-11-23-22(16-19)20-7-6-8-21(20)28(30-23)17-13-26(36-3)29(38-5)27(14-17)37-4/h6-7,9-16,20-21,28,30-31H,8H2,1-5H3/t20-,21+,28+/m0/s1. The van der Waals surface area contributed by atoms with Gasteiger partial charge in [0.15, 0.2) is 11.5 Å². The van der Waals surface area contributed by atoms with E-state index >= 15 is 0 Å². The second-order valence-electron chi connectivity index (χ2n) is 9.35. The molecular weight excluding hydrogens is 520 g/mol. The summed E-state index contributed by atoms with van der Waals surface area (Å²) < 4.78 is 56.8. The lowest BCUT2D eigenvalue weighted by molar-refractivity contribution is 0.322. The first-order valence-electron chi connectivity index (χ1n) is 12.5. The molecule has 0 saturated heterocycles. The van der Waals surface area contributed by atoms with Crippen LogP contribution in [0, 0.1) is 5.92 Å². The molecule has 3 aromatic rings. The number of ether oxygens (including phenoxy) is 5. The molecule has 0 spiro atoms. The second-order valence-corrected chi connectivity index (χ2v) is 11.0. The summed E-state index contributed by atoms with van der Waals surface area (Å²) in [5, 5.41) is 3.64. The van der Waals surface area contributed by atoms with Crippen LogP contribution in [-0.2, 0) is 10.0 Å². The lowest BCUT2D eigenvalue weighted by Crippen LogP contribution is -2.29. The minimum absolute atomic E-state index is 0.0341. The van der Waals surface area contributed by atoms with E-state index in [1.807, 2.05) is 18.2 Å². The lowest BCUT2D eigenvalue weighted by Gasteiger charge is -2.38. The average molecular weight is 553 g/mol. The van der Waals surface area contributed by atoms with E-state index in [9.17, 15) is 8.42 Å². The molecule has 1 heterocycles. The summed E-state index contributed by atoms with van der Waals surface area (Å²) in [7, 11) is 3.88. The molecule has 10 heteroatoms. The highest BCUT2D eigenvalue weighted by atomic mass is 32.2. The van der Waals surface area contributed by atoms with E-state index in [1.165, 1.54) is 14.2 Å². The molecular formula is C29H32N2O7S. The fraction of sp³-hybridized carbons (Fsp3) is 0.310. The van der Waals surface area contributed by atoms with Crippen molar-refractivity contribution in [1.29, 1.82) is 0 Å². The van der Waals surface area contributed by atoms with Gasteiger partial charge in [-0.05, 0) is 65.9 Å². The van der Waals surface area contributed by atoms with E-state index < -0.39 is 10.0 Å². The fourth-order valence-electron chi connectivity index (χ4n) is 5.45. The first-order valence-corrected chi connectivity index (χ1v) is 13.9. The molecule has 0 radical (unpaired) electrons. The number of nitrogens with one attached hydrogen (secondary N) is 2. The Morgan fingerprint density at radius 2 is 1.54 bits per heavy atom. The highest BCUT2D eigenvalue weighted by Crippen LogP contribution is 2.52. The molecule has 0 bridgehead atoms. The number of methoxy groups -OCH3 is 5. The maximum Gasteiger partial charge on any atom is 0.262 e. The monoisotopic (exact) mass is 552 g/mol. The van der Waals surface area contributed by atoms with Gasteiger partial charge in [0.05, 0.1) is 52.2 Å². The van der Waals surface area contributed by atoms with Crippen LogP contribution < -0.4 is 33.7 Å². The number of fused-ring (bicyclic) bond motifs is 3. The Kier molecular flexibility index (Phi) is 7.22. The molecule has 0 saturated carbocycles. The molecule has 3 atom stereocenters. The van der Waals surface area contributed by atoms with Crippen LogP contribution in [0.1, 0.15) is 29.5 Å². The molecule has 0 unspecified atom stereocenters. The summed E-state index contributed by atoms with van der Waals surface area (Å²) in [6, 6.07) is 14.0. The minimum atomic E-state index is -3.91. The number of anilines is 2. The van der Waals surface area contributed by atoms with E-state index in [0.29, 0.717) is 34.4 Å². The average Bonchev–Trinajstić information content (AvgIpc) is 3.45. The number of sulfonamides is 1. The zero-order valence-electron chi connectivity index (χ0n) is 22.5. The van der Waals surface area contributed by atoms with Crippen molar-refractivity contribution in [2.45, 2.75) is 23.3 Å². The van der Waals surface area contributed by atoms with Crippen molar-refractivity contribution in [3.8, 4) is 28.7 Å². The van der Waals surface area contributed by atoms with E-state index in [-0.39, 0.29) is 22.8 Å². The molecule has 0 aromatic heterocycles. The molecule has 1 aliphatic carbocycles. The molecule has 206 valence electrons. The first-order chi connectivity index (χ1) is 18.8. The van der Waals surface area contributed by atoms with Crippen molar-refractivity contribution in [2.75, 3.05) is 45.6 Å². The van der Waals surface area contributed by atoms with Crippen LogP contribution in [-0.4, -0.2) is 44.0 Å². The van der Waals surface area contributed by atoms with Crippen LogP contribution in [0.2, 0.25) is 0 Å². The molecule has 39 heavy (non-hydrogen) atoms. The third-order valence-electron chi connectivity index (χ3n) is 7.34. The van der Waals surface area contributed by atoms with E-state index in [0.717, 1.165) is 23.2 Å². The lowest BCUT2D eigenvalue weighted by atomic mass is 9.77. The van der Waals surface area contributed by atoms with Gasteiger partial charge in [0.2, 0.25) is 5.75 Å². The topological polar surface area (TPSA) is 104 Å². The number of rotatable bonds is 9. The highest BCUT2D eigenvalue weighted by molar-refractivity contribution is 7.92. The zero-order valence-corrected chi connectivity index (χ0v) is 23.3. The molecule has 5 rings (SSSR count). The van der Waals surface area contributed by atoms with Gasteiger partial charge in [-0.2, -0.15) is 0 Å². The number of hydrogen-bond donors (Lipinski definition) is 2. The quantitative estimate of drug-likeness (QED) is 0.342. The van der Waals surface area contributed by atoms with Crippen molar-refractivity contribution >= 4 is 21.4 Å². The third-order valence-corrected chi connectivity index (χ3v) is 8.70. The number of allylic oxidation sites excluding steroid dienone is 2. The Morgan fingerprint density at radius 3 is 2.18 bits per heavy atom. The first kappa shape index (κ1) is 26.6. The van der Waals surface area contributed by atoms with Gasteiger partial charge < -0.3 is 29.0 Å². The van der Waals surface area contributed by atoms with Gasteiger partial charge in [0, 0.05) is 17.7 Å². The summed E-state index contributed by atoms with van der Waals surface area (Å²) in [5.41, 5.74) is 3.10. The summed E-state index contributed by atoms with van der Waals surface area (Å²) in [5.74, 6) is 2.82. The summed E-state index contributed by atoms with van der Waals surface area (Å²) in [6.07, 6.45) is 5.15. The molecule has 2 N–H and O–H groups in total. The Hall–Kier alpha value is -4.05. The van der Waals surface area contributed by atoms with Crippen molar-refractivity contribution in [1.82, 2.24) is 0 Å². The maximum atomic E-state index is 13.4.